The van der Waals surface area contributed by atoms with Crippen molar-refractivity contribution in [1.82, 2.24) is 19.9 Å². The lowest BCUT2D eigenvalue weighted by Crippen LogP contribution is -2.01. The summed E-state index contributed by atoms with van der Waals surface area (Å²) in [7, 11) is 0. The zero-order chi connectivity index (χ0) is 17.4. The summed E-state index contributed by atoms with van der Waals surface area (Å²) < 4.78 is 5.80. The third-order valence-electron chi connectivity index (χ3n) is 3.68. The zero-order valence-electron chi connectivity index (χ0n) is 13.6. The van der Waals surface area contributed by atoms with Crippen LogP contribution in [0.25, 0.3) is 21.3 Å². The number of thiazole rings is 1. The molecule has 3 heterocycles. The number of fused-ring (bicyclic) bond motifs is 2. The van der Waals surface area contributed by atoms with Crippen LogP contribution >= 0.6 is 11.3 Å². The van der Waals surface area contributed by atoms with E-state index in [1.807, 2.05) is 38.1 Å². The Morgan fingerprint density at radius 1 is 1.16 bits per heavy atom. The lowest BCUT2D eigenvalue weighted by Gasteiger charge is -2.13. The van der Waals surface area contributed by atoms with Crippen molar-refractivity contribution in [2.75, 3.05) is 11.9 Å². The van der Waals surface area contributed by atoms with Crippen LogP contribution in [-0.2, 0) is 0 Å². The SMILES string of the molecule is CCOc1c(C)ccc2nc(O)nc(Nc3nc4cccnc4s3)c12. The highest BCUT2D eigenvalue weighted by Gasteiger charge is 2.16. The van der Waals surface area contributed by atoms with Crippen LogP contribution in [-0.4, -0.2) is 31.6 Å². The summed E-state index contributed by atoms with van der Waals surface area (Å²) in [6, 6.07) is 7.18. The Bertz CT molecular complexity index is 1050. The van der Waals surface area contributed by atoms with Crippen molar-refractivity contribution >= 4 is 43.5 Å². The van der Waals surface area contributed by atoms with Gasteiger partial charge in [-0.15, -0.1) is 0 Å². The molecule has 0 fully saturated rings. The minimum absolute atomic E-state index is 0.305. The molecule has 0 radical (unpaired) electrons. The van der Waals surface area contributed by atoms with Crippen LogP contribution in [0, 0.1) is 6.92 Å². The fraction of sp³-hybridized carbons (Fsp3) is 0.176. The molecule has 8 heteroatoms. The summed E-state index contributed by atoms with van der Waals surface area (Å²) in [5, 5.41) is 14.4. The van der Waals surface area contributed by atoms with E-state index in [9.17, 15) is 5.11 Å². The Balaban J connectivity index is 1.88. The summed E-state index contributed by atoms with van der Waals surface area (Å²) in [6.07, 6.45) is 1.73. The van der Waals surface area contributed by atoms with Crippen LogP contribution in [0.4, 0.5) is 10.9 Å². The third-order valence-corrected chi connectivity index (χ3v) is 4.58. The summed E-state index contributed by atoms with van der Waals surface area (Å²) in [4.78, 5) is 17.9. The van der Waals surface area contributed by atoms with Crippen molar-refractivity contribution in [2.24, 2.45) is 0 Å². The van der Waals surface area contributed by atoms with Gasteiger partial charge in [-0.05, 0) is 37.6 Å². The summed E-state index contributed by atoms with van der Waals surface area (Å²) in [5.41, 5.74) is 2.37. The molecule has 4 rings (SSSR count). The summed E-state index contributed by atoms with van der Waals surface area (Å²) in [5.74, 6) is 1.15. The minimum Gasteiger partial charge on any atom is -0.493 e. The molecular formula is C17H15N5O2S. The number of aromatic hydroxyl groups is 1. The number of nitrogens with one attached hydrogen (secondary N) is 1. The van der Waals surface area contributed by atoms with Gasteiger partial charge in [-0.3, -0.25) is 0 Å². The molecule has 0 atom stereocenters. The van der Waals surface area contributed by atoms with Gasteiger partial charge in [-0.1, -0.05) is 17.4 Å². The van der Waals surface area contributed by atoms with Gasteiger partial charge in [-0.2, -0.15) is 9.97 Å². The van der Waals surface area contributed by atoms with Gasteiger partial charge in [0, 0.05) is 6.20 Å². The quantitative estimate of drug-likeness (QED) is 0.576. The Labute approximate surface area is 147 Å². The van der Waals surface area contributed by atoms with Crippen LogP contribution in [0.1, 0.15) is 12.5 Å². The van der Waals surface area contributed by atoms with Crippen molar-refractivity contribution in [3.63, 3.8) is 0 Å². The highest BCUT2D eigenvalue weighted by molar-refractivity contribution is 7.21. The van der Waals surface area contributed by atoms with E-state index in [0.29, 0.717) is 34.2 Å². The Kier molecular flexibility index (Phi) is 3.81. The Hall–Kier alpha value is -3.00. The number of ether oxygens (including phenoxy) is 1. The molecule has 0 unspecified atom stereocenters. The molecule has 1 aromatic carbocycles. The molecule has 0 saturated carbocycles. The maximum Gasteiger partial charge on any atom is 0.316 e. The molecule has 0 amide bonds. The zero-order valence-corrected chi connectivity index (χ0v) is 14.5. The standard InChI is InChI=1S/C17H15N5O2S/c1-3-24-13-9(2)6-7-10-12(13)14(21-16(23)19-10)22-17-20-11-5-4-8-18-15(11)25-17/h4-8H,3H2,1-2H3,(H2,19,20,21,22,23). The van der Waals surface area contributed by atoms with Gasteiger partial charge in [0.05, 0.1) is 17.5 Å². The lowest BCUT2D eigenvalue weighted by molar-refractivity contribution is 0.342. The highest BCUT2D eigenvalue weighted by atomic mass is 32.1. The highest BCUT2D eigenvalue weighted by Crippen LogP contribution is 2.36. The van der Waals surface area contributed by atoms with Crippen LogP contribution in [0.15, 0.2) is 30.5 Å². The number of hydrogen-bond donors (Lipinski definition) is 2. The molecule has 4 aromatic rings. The molecule has 0 aliphatic rings. The number of pyridine rings is 1. The first-order valence-electron chi connectivity index (χ1n) is 7.77. The average molecular weight is 353 g/mol. The van der Waals surface area contributed by atoms with Gasteiger partial charge >= 0.3 is 6.01 Å². The molecule has 126 valence electrons. The molecule has 3 aromatic heterocycles. The molecule has 25 heavy (non-hydrogen) atoms. The fourth-order valence-electron chi connectivity index (χ4n) is 2.63. The topological polar surface area (TPSA) is 93.0 Å². The second-order valence-corrected chi connectivity index (χ2v) is 6.36. The minimum atomic E-state index is -0.305. The van der Waals surface area contributed by atoms with Gasteiger partial charge in [0.1, 0.15) is 16.1 Å². The maximum atomic E-state index is 9.89. The second-order valence-electron chi connectivity index (χ2n) is 5.38. The predicted octanol–water partition coefficient (Wildman–Crippen LogP) is 3.79. The Morgan fingerprint density at radius 2 is 2.04 bits per heavy atom. The van der Waals surface area contributed by atoms with E-state index in [4.69, 9.17) is 4.74 Å². The molecular weight excluding hydrogens is 338 g/mol. The van der Waals surface area contributed by atoms with E-state index in [0.717, 1.165) is 15.9 Å². The first-order valence-corrected chi connectivity index (χ1v) is 8.59. The third kappa shape index (κ3) is 2.80. The van der Waals surface area contributed by atoms with Crippen molar-refractivity contribution < 1.29 is 9.84 Å². The molecule has 7 nitrogen and oxygen atoms in total. The molecule has 2 N–H and O–H groups in total. The number of aryl methyl sites for hydroxylation is 1. The average Bonchev–Trinajstić information content (AvgIpc) is 2.99. The van der Waals surface area contributed by atoms with Crippen LogP contribution in [0.3, 0.4) is 0 Å². The number of benzene rings is 1. The lowest BCUT2D eigenvalue weighted by atomic mass is 10.1. The molecule has 0 spiro atoms. The van der Waals surface area contributed by atoms with E-state index >= 15 is 0 Å². The van der Waals surface area contributed by atoms with Crippen molar-refractivity contribution in [3.05, 3.63) is 36.0 Å². The second kappa shape index (κ2) is 6.14. The predicted molar refractivity (Wildman–Crippen MR) is 97.8 cm³/mol. The van der Waals surface area contributed by atoms with Crippen molar-refractivity contribution in [2.45, 2.75) is 13.8 Å². The normalized spacial score (nSPS) is 11.1. The molecule has 0 bridgehead atoms. The van der Waals surface area contributed by atoms with Gasteiger partial charge in [-0.25, -0.2) is 9.97 Å². The van der Waals surface area contributed by atoms with Gasteiger partial charge in [0.2, 0.25) is 0 Å². The number of rotatable bonds is 4. The number of nitrogens with zero attached hydrogens (tertiary/aromatic N) is 4. The fourth-order valence-corrected chi connectivity index (χ4v) is 3.44. The first kappa shape index (κ1) is 15.5. The first-order chi connectivity index (χ1) is 12.2. The molecule has 0 aliphatic heterocycles. The van der Waals surface area contributed by atoms with E-state index in [1.54, 1.807) is 6.20 Å². The van der Waals surface area contributed by atoms with Crippen LogP contribution < -0.4 is 10.1 Å². The van der Waals surface area contributed by atoms with Crippen LogP contribution in [0.2, 0.25) is 0 Å². The van der Waals surface area contributed by atoms with Crippen LogP contribution in [0.5, 0.6) is 11.8 Å². The number of anilines is 2. The van der Waals surface area contributed by atoms with Crippen molar-refractivity contribution in [1.29, 1.82) is 0 Å². The largest absolute Gasteiger partial charge is 0.493 e. The number of aromatic nitrogens is 4. The van der Waals surface area contributed by atoms with E-state index in [2.05, 4.69) is 25.3 Å². The summed E-state index contributed by atoms with van der Waals surface area (Å²) >= 11 is 1.41. The number of hydrogen-bond acceptors (Lipinski definition) is 8. The van der Waals surface area contributed by atoms with E-state index in [-0.39, 0.29) is 6.01 Å². The van der Waals surface area contributed by atoms with Gasteiger partial charge in [0.25, 0.3) is 0 Å². The smallest absolute Gasteiger partial charge is 0.316 e. The van der Waals surface area contributed by atoms with Gasteiger partial charge in [0.15, 0.2) is 10.9 Å². The van der Waals surface area contributed by atoms with E-state index < -0.39 is 0 Å². The monoisotopic (exact) mass is 353 g/mol. The maximum absolute atomic E-state index is 9.89. The molecule has 0 saturated heterocycles. The van der Waals surface area contributed by atoms with E-state index in [1.165, 1.54) is 11.3 Å². The van der Waals surface area contributed by atoms with Gasteiger partial charge < -0.3 is 15.2 Å². The Morgan fingerprint density at radius 3 is 2.84 bits per heavy atom. The summed E-state index contributed by atoms with van der Waals surface area (Å²) in [6.45, 7) is 4.40. The van der Waals surface area contributed by atoms with Crippen molar-refractivity contribution in [3.8, 4) is 11.8 Å². The molecule has 0 aliphatic carbocycles.